The molecule has 0 bridgehead atoms. The number of fused-ring (bicyclic) bond motifs is 1. The minimum atomic E-state index is -0.577. The Morgan fingerprint density at radius 2 is 2.09 bits per heavy atom. The highest BCUT2D eigenvalue weighted by Gasteiger charge is 2.23. The minimum absolute atomic E-state index is 0.0939. The second kappa shape index (κ2) is 9.38. The third-order valence-corrected chi connectivity index (χ3v) is 6.45. The molecule has 34 heavy (non-hydrogen) atoms. The Balaban J connectivity index is 1.27. The molecule has 5 heterocycles. The lowest BCUT2D eigenvalue weighted by Crippen LogP contribution is -2.34. The molecule has 1 saturated heterocycles. The number of aromatic nitrogens is 4. The van der Waals surface area contributed by atoms with Gasteiger partial charge in [-0.15, -0.1) is 0 Å². The average Bonchev–Trinajstić information content (AvgIpc) is 3.27. The number of aliphatic hydroxyl groups is 1. The summed E-state index contributed by atoms with van der Waals surface area (Å²) in [5.74, 6) is 0.581. The van der Waals surface area contributed by atoms with Gasteiger partial charge in [-0.1, -0.05) is 0 Å². The maximum Gasteiger partial charge on any atom is 0.253 e. The number of anilines is 3. The normalized spacial score (nSPS) is 17.3. The summed E-state index contributed by atoms with van der Waals surface area (Å²) in [5, 5.41) is 15.4. The van der Waals surface area contributed by atoms with E-state index in [4.69, 9.17) is 0 Å². The Kier molecular flexibility index (Phi) is 6.14. The van der Waals surface area contributed by atoms with Crippen LogP contribution in [0.2, 0.25) is 0 Å². The molecule has 3 aromatic heterocycles. The number of hydrogen-bond acceptors (Lipinski definition) is 7. The highest BCUT2D eigenvalue weighted by molar-refractivity contribution is 5.97. The first kappa shape index (κ1) is 22.3. The standard InChI is InChI=1S/C24H28FN7O2/c1-14(33)10-15-5-8-32(9-6-15)16-2-3-21(27-12-16)30-24-28-13-18(25)22(31-24)20-11-17-19(29-20)4-7-26-23(17)34/h2-3,11-15,29,33H,4-10H2,1H3,(H,26,34)(H,27,28,30,31). The number of amides is 1. The molecule has 0 radical (unpaired) electrons. The zero-order valence-corrected chi connectivity index (χ0v) is 19.0. The lowest BCUT2D eigenvalue weighted by Gasteiger charge is -2.33. The first-order valence-electron chi connectivity index (χ1n) is 11.7. The van der Waals surface area contributed by atoms with Crippen molar-refractivity contribution in [3.8, 4) is 11.4 Å². The van der Waals surface area contributed by atoms with Crippen molar-refractivity contribution in [2.75, 3.05) is 29.9 Å². The lowest BCUT2D eigenvalue weighted by atomic mass is 9.91. The number of hydrogen-bond donors (Lipinski definition) is 4. The number of rotatable bonds is 6. The molecular weight excluding hydrogens is 437 g/mol. The van der Waals surface area contributed by atoms with Crippen LogP contribution in [-0.2, 0) is 6.42 Å². The number of nitrogens with zero attached hydrogens (tertiary/aromatic N) is 4. The molecule has 0 spiro atoms. The highest BCUT2D eigenvalue weighted by Crippen LogP contribution is 2.28. The summed E-state index contributed by atoms with van der Waals surface area (Å²) in [5.41, 5.74) is 2.86. The second-order valence-electron chi connectivity index (χ2n) is 9.01. The van der Waals surface area contributed by atoms with Crippen molar-refractivity contribution < 1.29 is 14.3 Å². The summed E-state index contributed by atoms with van der Waals surface area (Å²) < 4.78 is 14.5. The molecule has 0 saturated carbocycles. The molecule has 4 N–H and O–H groups in total. The molecule has 1 fully saturated rings. The Bertz CT molecular complexity index is 1170. The van der Waals surface area contributed by atoms with Crippen molar-refractivity contribution in [3.05, 3.63) is 47.7 Å². The summed E-state index contributed by atoms with van der Waals surface area (Å²) in [6.45, 7) is 4.27. The van der Waals surface area contributed by atoms with Gasteiger partial charge >= 0.3 is 0 Å². The van der Waals surface area contributed by atoms with Gasteiger partial charge in [0.1, 0.15) is 11.5 Å². The van der Waals surface area contributed by atoms with Crippen LogP contribution in [0.15, 0.2) is 30.6 Å². The summed E-state index contributed by atoms with van der Waals surface area (Å²) in [4.78, 5) is 30.3. The molecule has 5 rings (SSSR count). The van der Waals surface area contributed by atoms with E-state index in [0.717, 1.165) is 49.9 Å². The van der Waals surface area contributed by atoms with Crippen molar-refractivity contribution in [2.24, 2.45) is 5.92 Å². The number of halogens is 1. The van der Waals surface area contributed by atoms with Gasteiger partial charge in [-0.3, -0.25) is 4.79 Å². The molecule has 1 unspecified atom stereocenters. The van der Waals surface area contributed by atoms with Crippen LogP contribution in [0.3, 0.4) is 0 Å². The minimum Gasteiger partial charge on any atom is -0.393 e. The van der Waals surface area contributed by atoms with Crippen LogP contribution in [0.25, 0.3) is 11.4 Å². The van der Waals surface area contributed by atoms with Crippen molar-refractivity contribution in [1.29, 1.82) is 0 Å². The molecule has 2 aliphatic heterocycles. The number of pyridine rings is 1. The summed E-state index contributed by atoms with van der Waals surface area (Å²) in [6, 6.07) is 5.46. The largest absolute Gasteiger partial charge is 0.393 e. The number of carbonyl (C=O) groups excluding carboxylic acids is 1. The molecule has 2 aliphatic rings. The number of nitrogens with one attached hydrogen (secondary N) is 3. The molecule has 3 aromatic rings. The summed E-state index contributed by atoms with van der Waals surface area (Å²) in [7, 11) is 0. The number of aliphatic hydroxyl groups excluding tert-OH is 1. The predicted molar refractivity (Wildman–Crippen MR) is 127 cm³/mol. The molecule has 10 heteroatoms. The van der Waals surface area contributed by atoms with Gasteiger partial charge in [0.15, 0.2) is 5.82 Å². The Hall–Kier alpha value is -3.53. The van der Waals surface area contributed by atoms with Crippen LogP contribution >= 0.6 is 0 Å². The van der Waals surface area contributed by atoms with Gasteiger partial charge in [-0.05, 0) is 50.3 Å². The number of piperidine rings is 1. The van der Waals surface area contributed by atoms with Crippen LogP contribution in [-0.4, -0.2) is 56.7 Å². The fourth-order valence-corrected chi connectivity index (χ4v) is 4.71. The van der Waals surface area contributed by atoms with Crippen LogP contribution in [0, 0.1) is 11.7 Å². The molecule has 9 nitrogen and oxygen atoms in total. The fraction of sp³-hybridized carbons (Fsp3) is 0.417. The fourth-order valence-electron chi connectivity index (χ4n) is 4.71. The number of H-pyrrole nitrogens is 1. The van der Waals surface area contributed by atoms with E-state index >= 15 is 0 Å². The summed E-state index contributed by atoms with van der Waals surface area (Å²) in [6.07, 6.45) is 6.29. The molecule has 0 aliphatic carbocycles. The Morgan fingerprint density at radius 1 is 1.26 bits per heavy atom. The zero-order valence-electron chi connectivity index (χ0n) is 19.0. The van der Waals surface area contributed by atoms with E-state index < -0.39 is 5.82 Å². The van der Waals surface area contributed by atoms with E-state index in [9.17, 15) is 14.3 Å². The SMILES string of the molecule is CC(O)CC1CCN(c2ccc(Nc3ncc(F)c(-c4cc5c([nH]4)CCNC5=O)n3)nc2)CC1. The van der Waals surface area contributed by atoms with Crippen molar-refractivity contribution in [1.82, 2.24) is 25.3 Å². The molecule has 1 amide bonds. The van der Waals surface area contributed by atoms with E-state index in [-0.39, 0.29) is 23.7 Å². The van der Waals surface area contributed by atoms with Crippen LogP contribution < -0.4 is 15.5 Å². The van der Waals surface area contributed by atoms with E-state index in [1.54, 1.807) is 12.3 Å². The Labute approximate surface area is 196 Å². The van der Waals surface area contributed by atoms with Crippen LogP contribution in [0.5, 0.6) is 0 Å². The van der Waals surface area contributed by atoms with E-state index in [2.05, 4.69) is 35.5 Å². The molecule has 178 valence electrons. The third-order valence-electron chi connectivity index (χ3n) is 6.45. The monoisotopic (exact) mass is 465 g/mol. The predicted octanol–water partition coefficient (Wildman–Crippen LogP) is 3.02. The maximum atomic E-state index is 14.5. The van der Waals surface area contributed by atoms with Gasteiger partial charge in [0.2, 0.25) is 5.95 Å². The van der Waals surface area contributed by atoms with Gasteiger partial charge < -0.3 is 25.6 Å². The van der Waals surface area contributed by atoms with Crippen LogP contribution in [0.1, 0.15) is 42.2 Å². The van der Waals surface area contributed by atoms with Crippen molar-refractivity contribution >= 4 is 23.4 Å². The van der Waals surface area contributed by atoms with E-state index in [1.165, 1.54) is 0 Å². The third kappa shape index (κ3) is 4.72. The maximum absolute atomic E-state index is 14.5. The van der Waals surface area contributed by atoms with Crippen molar-refractivity contribution in [2.45, 2.75) is 38.7 Å². The quantitative estimate of drug-likeness (QED) is 0.442. The average molecular weight is 466 g/mol. The number of aromatic amines is 1. The first-order chi connectivity index (χ1) is 16.5. The number of carbonyl (C=O) groups is 1. The van der Waals surface area contributed by atoms with Gasteiger partial charge in [0.25, 0.3) is 5.91 Å². The topological polar surface area (TPSA) is 119 Å². The van der Waals surface area contributed by atoms with Gasteiger partial charge in [-0.2, -0.15) is 0 Å². The lowest BCUT2D eigenvalue weighted by molar-refractivity contribution is 0.0946. The van der Waals surface area contributed by atoms with Gasteiger partial charge in [0.05, 0.1) is 35.4 Å². The zero-order chi connectivity index (χ0) is 23.7. The molecular formula is C24H28FN7O2. The van der Waals surface area contributed by atoms with Crippen LogP contribution in [0.4, 0.5) is 21.8 Å². The van der Waals surface area contributed by atoms with Gasteiger partial charge in [-0.25, -0.2) is 19.3 Å². The second-order valence-corrected chi connectivity index (χ2v) is 9.01. The van der Waals surface area contributed by atoms with E-state index in [1.807, 2.05) is 19.1 Å². The van der Waals surface area contributed by atoms with Crippen molar-refractivity contribution in [3.63, 3.8) is 0 Å². The molecule has 1 atom stereocenters. The molecule has 0 aromatic carbocycles. The smallest absolute Gasteiger partial charge is 0.253 e. The first-order valence-corrected chi connectivity index (χ1v) is 11.7. The highest BCUT2D eigenvalue weighted by atomic mass is 19.1. The van der Waals surface area contributed by atoms with E-state index in [0.29, 0.717) is 36.0 Å². The summed E-state index contributed by atoms with van der Waals surface area (Å²) >= 11 is 0. The van der Waals surface area contributed by atoms with Gasteiger partial charge in [0, 0.05) is 31.7 Å². The Morgan fingerprint density at radius 3 is 2.79 bits per heavy atom.